The quantitative estimate of drug-likeness (QED) is 0.125. The van der Waals surface area contributed by atoms with Gasteiger partial charge in [0.05, 0.1) is 26.4 Å². The summed E-state index contributed by atoms with van der Waals surface area (Å²) in [6.07, 6.45) is -11.8. The lowest BCUT2D eigenvalue weighted by Crippen LogP contribution is -2.65. The van der Waals surface area contributed by atoms with E-state index < -0.39 is 74.0 Å². The third-order valence-electron chi connectivity index (χ3n) is 7.37. The van der Waals surface area contributed by atoms with Crippen LogP contribution in [0.2, 0.25) is 0 Å². The van der Waals surface area contributed by atoms with Crippen LogP contribution in [0.3, 0.4) is 0 Å². The van der Waals surface area contributed by atoms with E-state index in [0.29, 0.717) is 16.9 Å². The van der Waals surface area contributed by atoms with E-state index in [1.54, 1.807) is 24.3 Å². The molecule has 7 N–H and O–H groups in total. The standard InChI is InChI=1S/C30H38O14/c1-15-23(35)24(36)25(37)30(41-15)44-28-26(38)29(40-12-11-17-5-9-20(39-2)19(33)13-17)42-21(14-31)27(28)43-22(34)10-6-16-3-7-18(32)8-4-16/h3-10,13,15,21,23-33,35-38H,11-12,14H2,1-2H3/b10-6+/t15-,21+,23-,24+,25+,26+,27+,28+,29+,30-/m0/s1. The molecular formula is C30H38O14. The Morgan fingerprint density at radius 2 is 1.64 bits per heavy atom. The minimum atomic E-state index is -1.74. The Bertz CT molecular complexity index is 1250. The van der Waals surface area contributed by atoms with E-state index in [4.69, 9.17) is 28.4 Å². The molecule has 0 radical (unpaired) electrons. The van der Waals surface area contributed by atoms with Gasteiger partial charge in [-0.2, -0.15) is 0 Å². The van der Waals surface area contributed by atoms with Crippen molar-refractivity contribution in [1.29, 1.82) is 0 Å². The number of carbonyl (C=O) groups excluding carboxylic acids is 1. The average Bonchev–Trinajstić information content (AvgIpc) is 3.01. The lowest BCUT2D eigenvalue weighted by atomic mass is 9.97. The van der Waals surface area contributed by atoms with Crippen molar-refractivity contribution in [2.45, 2.75) is 74.8 Å². The predicted molar refractivity (Wildman–Crippen MR) is 150 cm³/mol. The number of hydrogen-bond acceptors (Lipinski definition) is 14. The van der Waals surface area contributed by atoms with Crippen LogP contribution in [0.15, 0.2) is 48.5 Å². The molecule has 0 unspecified atom stereocenters. The summed E-state index contributed by atoms with van der Waals surface area (Å²) in [4.78, 5) is 12.8. The van der Waals surface area contributed by atoms with E-state index in [0.717, 1.165) is 6.08 Å². The Morgan fingerprint density at radius 3 is 2.30 bits per heavy atom. The zero-order valence-electron chi connectivity index (χ0n) is 24.1. The number of aliphatic hydroxyl groups excluding tert-OH is 5. The van der Waals surface area contributed by atoms with Crippen molar-refractivity contribution in [3.63, 3.8) is 0 Å². The van der Waals surface area contributed by atoms with Gasteiger partial charge in [0.15, 0.2) is 30.2 Å². The van der Waals surface area contributed by atoms with Crippen LogP contribution < -0.4 is 4.74 Å². The van der Waals surface area contributed by atoms with Crippen molar-refractivity contribution in [1.82, 2.24) is 0 Å². The first-order valence-electron chi connectivity index (χ1n) is 14.0. The van der Waals surface area contributed by atoms with E-state index in [2.05, 4.69) is 0 Å². The van der Waals surface area contributed by atoms with Gasteiger partial charge in [-0.05, 0) is 54.8 Å². The minimum absolute atomic E-state index is 0.0112. The molecule has 14 nitrogen and oxygen atoms in total. The van der Waals surface area contributed by atoms with Crippen molar-refractivity contribution >= 4 is 12.0 Å². The third kappa shape index (κ3) is 8.04. The smallest absolute Gasteiger partial charge is 0.331 e. The molecule has 0 spiro atoms. The molecule has 2 saturated heterocycles. The molecule has 0 bridgehead atoms. The second-order valence-electron chi connectivity index (χ2n) is 10.5. The maximum absolute atomic E-state index is 12.8. The lowest BCUT2D eigenvalue weighted by Gasteiger charge is -2.46. The number of phenolic OH excluding ortho intramolecular Hbond substituents is 2. The Morgan fingerprint density at radius 1 is 0.909 bits per heavy atom. The van der Waals surface area contributed by atoms with E-state index in [-0.39, 0.29) is 24.5 Å². The Hall–Kier alpha value is -3.31. The molecular weight excluding hydrogens is 584 g/mol. The SMILES string of the molecule is COc1ccc(CCO[C@@H]2O[C@H](CO)[C@@H](OC(=O)/C=C/c3ccc(O)cc3)[C@H](O[C@@H]3O[C@@H](C)[C@H](O)[C@@H](O)[C@H]3O)[C@H]2O)cc1O. The number of phenols is 2. The van der Waals surface area contributed by atoms with Crippen LogP contribution in [0.1, 0.15) is 18.1 Å². The second kappa shape index (κ2) is 15.1. The van der Waals surface area contributed by atoms with E-state index in [1.807, 2.05) is 0 Å². The van der Waals surface area contributed by atoms with Gasteiger partial charge in [0.2, 0.25) is 0 Å². The fourth-order valence-corrected chi connectivity index (χ4v) is 4.86. The van der Waals surface area contributed by atoms with Gasteiger partial charge < -0.3 is 64.2 Å². The highest BCUT2D eigenvalue weighted by Gasteiger charge is 2.52. The summed E-state index contributed by atoms with van der Waals surface area (Å²) >= 11 is 0. The molecule has 0 aliphatic carbocycles. The number of carbonyl (C=O) groups is 1. The minimum Gasteiger partial charge on any atom is -0.508 e. The normalized spacial score (nSPS) is 32.4. The summed E-state index contributed by atoms with van der Waals surface area (Å²) in [5.41, 5.74) is 1.26. The first-order chi connectivity index (χ1) is 21.0. The summed E-state index contributed by atoms with van der Waals surface area (Å²) in [7, 11) is 1.42. The number of esters is 1. The van der Waals surface area contributed by atoms with Gasteiger partial charge in [-0.3, -0.25) is 0 Å². The Labute approximate surface area is 253 Å². The summed E-state index contributed by atoms with van der Waals surface area (Å²) < 4.78 is 33.5. The summed E-state index contributed by atoms with van der Waals surface area (Å²) in [6.45, 7) is 0.745. The molecule has 2 aliphatic rings. The van der Waals surface area contributed by atoms with E-state index >= 15 is 0 Å². The largest absolute Gasteiger partial charge is 0.508 e. The molecule has 242 valence electrons. The highest BCUT2D eigenvalue weighted by Crippen LogP contribution is 2.32. The van der Waals surface area contributed by atoms with Crippen molar-refractivity contribution in [3.8, 4) is 17.2 Å². The number of aliphatic hydroxyl groups is 5. The van der Waals surface area contributed by atoms with Gasteiger partial charge in [-0.1, -0.05) is 18.2 Å². The molecule has 10 atom stereocenters. The van der Waals surface area contributed by atoms with Gasteiger partial charge in [0.1, 0.15) is 42.4 Å². The van der Waals surface area contributed by atoms with Crippen LogP contribution in [-0.4, -0.2) is 123 Å². The van der Waals surface area contributed by atoms with Crippen LogP contribution in [0.25, 0.3) is 6.08 Å². The van der Waals surface area contributed by atoms with Gasteiger partial charge in [-0.25, -0.2) is 4.79 Å². The molecule has 2 aliphatic heterocycles. The molecule has 2 aromatic carbocycles. The third-order valence-corrected chi connectivity index (χ3v) is 7.37. The zero-order valence-corrected chi connectivity index (χ0v) is 24.1. The van der Waals surface area contributed by atoms with Crippen LogP contribution in [0, 0.1) is 0 Å². The molecule has 0 aromatic heterocycles. The first-order valence-corrected chi connectivity index (χ1v) is 14.0. The summed E-state index contributed by atoms with van der Waals surface area (Å²) in [5.74, 6) is -0.617. The molecule has 44 heavy (non-hydrogen) atoms. The van der Waals surface area contributed by atoms with Crippen molar-refractivity contribution in [2.24, 2.45) is 0 Å². The number of methoxy groups -OCH3 is 1. The number of hydrogen-bond donors (Lipinski definition) is 7. The topological polar surface area (TPSA) is 214 Å². The van der Waals surface area contributed by atoms with Crippen LogP contribution in [-0.2, 0) is 34.9 Å². The van der Waals surface area contributed by atoms with Gasteiger partial charge in [0.25, 0.3) is 0 Å². The van der Waals surface area contributed by atoms with Gasteiger partial charge >= 0.3 is 5.97 Å². The van der Waals surface area contributed by atoms with E-state index in [9.17, 15) is 40.5 Å². The predicted octanol–water partition coefficient (Wildman–Crippen LogP) is -0.419. The highest BCUT2D eigenvalue weighted by molar-refractivity contribution is 5.87. The monoisotopic (exact) mass is 622 g/mol. The molecule has 2 aromatic rings. The molecule has 0 amide bonds. The summed E-state index contributed by atoms with van der Waals surface area (Å²) in [6, 6.07) is 10.8. The Balaban J connectivity index is 1.51. The maximum atomic E-state index is 12.8. The number of rotatable bonds is 11. The lowest BCUT2D eigenvalue weighted by molar-refractivity contribution is -0.357. The maximum Gasteiger partial charge on any atom is 0.331 e. The Kier molecular flexibility index (Phi) is 11.5. The molecule has 2 heterocycles. The molecule has 0 saturated carbocycles. The molecule has 14 heteroatoms. The van der Waals surface area contributed by atoms with Crippen molar-refractivity contribution in [3.05, 3.63) is 59.7 Å². The van der Waals surface area contributed by atoms with Crippen LogP contribution >= 0.6 is 0 Å². The number of ether oxygens (including phenoxy) is 6. The first kappa shape index (κ1) is 33.6. The van der Waals surface area contributed by atoms with Crippen LogP contribution in [0.5, 0.6) is 17.2 Å². The average molecular weight is 623 g/mol. The van der Waals surface area contributed by atoms with Crippen molar-refractivity contribution < 1.29 is 69.0 Å². The highest BCUT2D eigenvalue weighted by atomic mass is 16.7. The second-order valence-corrected chi connectivity index (χ2v) is 10.5. The van der Waals surface area contributed by atoms with E-state index in [1.165, 1.54) is 38.3 Å². The molecule has 2 fully saturated rings. The van der Waals surface area contributed by atoms with Crippen molar-refractivity contribution in [2.75, 3.05) is 20.3 Å². The fourth-order valence-electron chi connectivity index (χ4n) is 4.86. The summed E-state index contributed by atoms with van der Waals surface area (Å²) in [5, 5.41) is 71.8. The van der Waals surface area contributed by atoms with Crippen LogP contribution in [0.4, 0.5) is 0 Å². The van der Waals surface area contributed by atoms with Gasteiger partial charge in [0, 0.05) is 6.08 Å². The fraction of sp³-hybridized carbons (Fsp3) is 0.500. The number of benzene rings is 2. The van der Waals surface area contributed by atoms with Gasteiger partial charge in [-0.15, -0.1) is 0 Å². The zero-order chi connectivity index (χ0) is 32.0. The molecule has 4 rings (SSSR count). The number of aromatic hydroxyl groups is 2.